The Morgan fingerprint density at radius 1 is 1.06 bits per heavy atom. The fourth-order valence-electron chi connectivity index (χ4n) is 4.54. The molecule has 2 heterocycles. The van der Waals surface area contributed by atoms with E-state index in [1.807, 2.05) is 36.1 Å². The molecule has 2 aromatic carbocycles. The Labute approximate surface area is 211 Å². The number of piperidine rings is 1. The van der Waals surface area contributed by atoms with Crippen LogP contribution in [0.5, 0.6) is 5.75 Å². The molecule has 2 aromatic rings. The zero-order valence-electron chi connectivity index (χ0n) is 19.1. The molecular weight excluding hydrogens is 497 g/mol. The number of anilines is 1. The minimum absolute atomic E-state index is 0.0235. The molecule has 0 spiro atoms. The highest BCUT2D eigenvalue weighted by atomic mass is 35.5. The molecule has 1 atom stereocenters. The van der Waals surface area contributed by atoms with Gasteiger partial charge in [0.05, 0.1) is 22.4 Å². The van der Waals surface area contributed by atoms with Gasteiger partial charge in [-0.15, -0.1) is 0 Å². The van der Waals surface area contributed by atoms with Crippen molar-refractivity contribution < 1.29 is 17.9 Å². The summed E-state index contributed by atoms with van der Waals surface area (Å²) in [6.07, 6.45) is 1.33. The van der Waals surface area contributed by atoms with E-state index in [1.165, 1.54) is 16.4 Å². The van der Waals surface area contributed by atoms with Gasteiger partial charge in [0.1, 0.15) is 5.75 Å². The summed E-state index contributed by atoms with van der Waals surface area (Å²) >= 11 is 12.3. The number of nitrogens with zero attached hydrogens (tertiary/aromatic N) is 3. The minimum atomic E-state index is -3.76. The lowest BCUT2D eigenvalue weighted by molar-refractivity contribution is -0.137. The third-order valence-electron chi connectivity index (χ3n) is 6.34. The lowest BCUT2D eigenvalue weighted by Crippen LogP contribution is -2.53. The van der Waals surface area contributed by atoms with Crippen LogP contribution < -0.4 is 9.64 Å². The van der Waals surface area contributed by atoms with Gasteiger partial charge in [-0.1, -0.05) is 29.3 Å². The number of carbonyl (C=O) groups is 1. The van der Waals surface area contributed by atoms with Gasteiger partial charge in [-0.2, -0.15) is 4.31 Å². The molecule has 0 bridgehead atoms. The van der Waals surface area contributed by atoms with Crippen LogP contribution in [-0.4, -0.2) is 69.4 Å². The number of halogens is 2. The first-order chi connectivity index (χ1) is 16.3. The van der Waals surface area contributed by atoms with E-state index >= 15 is 0 Å². The van der Waals surface area contributed by atoms with Crippen LogP contribution in [0, 0.1) is 5.92 Å². The molecule has 0 aromatic heterocycles. The second kappa shape index (κ2) is 10.7. The summed E-state index contributed by atoms with van der Waals surface area (Å²) in [6, 6.07) is 12.2. The van der Waals surface area contributed by atoms with E-state index in [4.69, 9.17) is 27.9 Å². The van der Waals surface area contributed by atoms with Gasteiger partial charge >= 0.3 is 0 Å². The Morgan fingerprint density at radius 3 is 2.50 bits per heavy atom. The summed E-state index contributed by atoms with van der Waals surface area (Å²) in [5, 5.41) is 0.943. The Hall–Kier alpha value is -2.00. The predicted molar refractivity (Wildman–Crippen MR) is 134 cm³/mol. The monoisotopic (exact) mass is 525 g/mol. The molecule has 10 heteroatoms. The van der Waals surface area contributed by atoms with Crippen LogP contribution >= 0.6 is 23.2 Å². The average molecular weight is 526 g/mol. The molecule has 2 saturated heterocycles. The van der Waals surface area contributed by atoms with Gasteiger partial charge in [0, 0.05) is 50.0 Å². The first-order valence-corrected chi connectivity index (χ1v) is 13.7. The van der Waals surface area contributed by atoms with Crippen LogP contribution in [0.3, 0.4) is 0 Å². The minimum Gasteiger partial charge on any atom is -0.492 e. The molecule has 2 aliphatic heterocycles. The molecule has 0 aliphatic carbocycles. The zero-order chi connectivity index (χ0) is 24.3. The van der Waals surface area contributed by atoms with Crippen LogP contribution in [0.15, 0.2) is 47.4 Å². The van der Waals surface area contributed by atoms with Gasteiger partial charge in [0.2, 0.25) is 15.9 Å². The maximum atomic E-state index is 13.3. The van der Waals surface area contributed by atoms with Crippen molar-refractivity contribution in [1.82, 2.24) is 9.21 Å². The quantitative estimate of drug-likeness (QED) is 0.566. The van der Waals surface area contributed by atoms with Gasteiger partial charge in [-0.25, -0.2) is 8.42 Å². The highest BCUT2D eigenvalue weighted by Gasteiger charge is 2.36. The number of ether oxygens (including phenoxy) is 1. The predicted octanol–water partition coefficient (Wildman–Crippen LogP) is 4.14. The Balaban J connectivity index is 1.39. The SMILES string of the molecule is CCOc1ccc(S(=O)(=O)N2CCC[C@@H](C(=O)N3CCN(c4cccc(Cl)c4)CC3)C2)cc1Cl. The summed E-state index contributed by atoms with van der Waals surface area (Å²) in [5.74, 6) is 0.126. The van der Waals surface area contributed by atoms with Crippen LogP contribution in [0.25, 0.3) is 0 Å². The third kappa shape index (κ3) is 5.46. The number of piperazine rings is 1. The number of hydrogen-bond acceptors (Lipinski definition) is 5. The Bertz CT molecular complexity index is 1140. The molecule has 0 unspecified atom stereocenters. The van der Waals surface area contributed by atoms with E-state index in [0.717, 1.165) is 5.69 Å². The number of amides is 1. The average Bonchev–Trinajstić information content (AvgIpc) is 2.85. The standard InChI is InChI=1S/C24H29Cl2N3O4S/c1-2-33-23-9-8-21(16-22(23)26)34(31,32)29-10-4-5-18(17-29)24(30)28-13-11-27(12-14-28)20-7-3-6-19(25)15-20/h3,6-9,15-16,18H,2,4-5,10-14,17H2,1H3/t18-/m1/s1. The van der Waals surface area contributed by atoms with E-state index in [2.05, 4.69) is 4.90 Å². The van der Waals surface area contributed by atoms with Gasteiger partial charge < -0.3 is 14.5 Å². The molecule has 4 rings (SSSR count). The molecule has 0 saturated carbocycles. The van der Waals surface area contributed by atoms with E-state index < -0.39 is 10.0 Å². The molecule has 7 nitrogen and oxygen atoms in total. The van der Waals surface area contributed by atoms with Gasteiger partial charge in [-0.05, 0) is 56.2 Å². The summed E-state index contributed by atoms with van der Waals surface area (Å²) in [6.45, 7) is 5.47. The fraction of sp³-hybridized carbons (Fsp3) is 0.458. The topological polar surface area (TPSA) is 70.2 Å². The third-order valence-corrected chi connectivity index (χ3v) is 8.73. The molecular formula is C24H29Cl2N3O4S. The van der Waals surface area contributed by atoms with Crippen molar-refractivity contribution in [2.24, 2.45) is 5.92 Å². The maximum absolute atomic E-state index is 13.3. The maximum Gasteiger partial charge on any atom is 0.243 e. The van der Waals surface area contributed by atoms with Gasteiger partial charge in [0.25, 0.3) is 0 Å². The van der Waals surface area contributed by atoms with Crippen molar-refractivity contribution in [2.75, 3.05) is 50.8 Å². The number of benzene rings is 2. The molecule has 0 N–H and O–H groups in total. The molecule has 184 valence electrons. The van der Waals surface area contributed by atoms with Crippen molar-refractivity contribution in [2.45, 2.75) is 24.7 Å². The smallest absolute Gasteiger partial charge is 0.243 e. The first-order valence-electron chi connectivity index (χ1n) is 11.5. The van der Waals surface area contributed by atoms with Gasteiger partial charge in [-0.3, -0.25) is 4.79 Å². The molecule has 2 fully saturated rings. The summed E-state index contributed by atoms with van der Waals surface area (Å²) < 4.78 is 33.3. The van der Waals surface area contributed by atoms with Crippen molar-refractivity contribution >= 4 is 44.8 Å². The van der Waals surface area contributed by atoms with Crippen LogP contribution in [0.1, 0.15) is 19.8 Å². The number of carbonyl (C=O) groups excluding carboxylic acids is 1. The van der Waals surface area contributed by atoms with Crippen LogP contribution in [-0.2, 0) is 14.8 Å². The number of hydrogen-bond donors (Lipinski definition) is 0. The van der Waals surface area contributed by atoms with Crippen LogP contribution in [0.4, 0.5) is 5.69 Å². The Kier molecular flexibility index (Phi) is 7.92. The summed E-state index contributed by atoms with van der Waals surface area (Å²) in [7, 11) is -3.76. The first kappa shape index (κ1) is 25.1. The lowest BCUT2D eigenvalue weighted by Gasteiger charge is -2.39. The number of rotatable bonds is 6. The molecule has 0 radical (unpaired) electrons. The van der Waals surface area contributed by atoms with Crippen molar-refractivity contribution in [3.63, 3.8) is 0 Å². The highest BCUT2D eigenvalue weighted by Crippen LogP contribution is 2.31. The van der Waals surface area contributed by atoms with Crippen molar-refractivity contribution in [1.29, 1.82) is 0 Å². The molecule has 2 aliphatic rings. The van der Waals surface area contributed by atoms with E-state index in [9.17, 15) is 13.2 Å². The second-order valence-corrected chi connectivity index (χ2v) is 11.3. The highest BCUT2D eigenvalue weighted by molar-refractivity contribution is 7.89. The van der Waals surface area contributed by atoms with Crippen LogP contribution in [0.2, 0.25) is 10.0 Å². The van der Waals surface area contributed by atoms with Crippen molar-refractivity contribution in [3.8, 4) is 5.75 Å². The summed E-state index contributed by atoms with van der Waals surface area (Å²) in [4.78, 5) is 17.4. The number of sulfonamides is 1. The largest absolute Gasteiger partial charge is 0.492 e. The van der Waals surface area contributed by atoms with E-state index in [0.29, 0.717) is 62.9 Å². The van der Waals surface area contributed by atoms with E-state index in [-0.39, 0.29) is 28.3 Å². The molecule has 1 amide bonds. The Morgan fingerprint density at radius 2 is 1.82 bits per heavy atom. The van der Waals surface area contributed by atoms with Crippen molar-refractivity contribution in [3.05, 3.63) is 52.5 Å². The molecule has 34 heavy (non-hydrogen) atoms. The fourth-order valence-corrected chi connectivity index (χ4v) is 6.58. The van der Waals surface area contributed by atoms with Gasteiger partial charge in [0.15, 0.2) is 0 Å². The second-order valence-electron chi connectivity index (χ2n) is 8.52. The zero-order valence-corrected chi connectivity index (χ0v) is 21.4. The van der Waals surface area contributed by atoms with E-state index in [1.54, 1.807) is 6.07 Å². The summed E-state index contributed by atoms with van der Waals surface area (Å²) in [5.41, 5.74) is 1.04. The normalized spacial score (nSPS) is 19.8. The lowest BCUT2D eigenvalue weighted by atomic mass is 9.97.